The molecule has 0 aliphatic heterocycles. The molecular formula is C18H26N2O. The first kappa shape index (κ1) is 16.0. The molecular weight excluding hydrogens is 260 g/mol. The van der Waals surface area contributed by atoms with Gasteiger partial charge in [-0.1, -0.05) is 42.5 Å². The van der Waals surface area contributed by atoms with E-state index in [1.807, 2.05) is 0 Å². The highest BCUT2D eigenvalue weighted by atomic mass is 16.5. The standard InChI is InChI=1S/C18H26N2O/c1-21-15-14-20-12-5-11-19-13-10-17-8-4-7-16-6-2-3-9-18(16)17/h2-4,6-9,19-20H,5,10-15H2,1H3. The second kappa shape index (κ2) is 9.50. The molecule has 2 N–H and O–H groups in total. The molecule has 21 heavy (non-hydrogen) atoms. The van der Waals surface area contributed by atoms with E-state index in [1.54, 1.807) is 7.11 Å². The molecule has 0 bridgehead atoms. The van der Waals surface area contributed by atoms with Crippen molar-refractivity contribution in [2.45, 2.75) is 12.8 Å². The number of ether oxygens (including phenoxy) is 1. The predicted molar refractivity (Wildman–Crippen MR) is 89.9 cm³/mol. The summed E-state index contributed by atoms with van der Waals surface area (Å²) in [5.41, 5.74) is 1.43. The lowest BCUT2D eigenvalue weighted by atomic mass is 10.0. The summed E-state index contributed by atoms with van der Waals surface area (Å²) in [6, 6.07) is 15.2. The van der Waals surface area contributed by atoms with E-state index in [-0.39, 0.29) is 0 Å². The first-order valence-electron chi connectivity index (χ1n) is 7.79. The Bertz CT molecular complexity index is 522. The topological polar surface area (TPSA) is 33.3 Å². The second-order valence-electron chi connectivity index (χ2n) is 5.23. The summed E-state index contributed by atoms with van der Waals surface area (Å²) in [4.78, 5) is 0. The van der Waals surface area contributed by atoms with E-state index in [9.17, 15) is 0 Å². The van der Waals surface area contributed by atoms with Crippen LogP contribution in [0.2, 0.25) is 0 Å². The predicted octanol–water partition coefficient (Wildman–Crippen LogP) is 2.60. The molecule has 0 aliphatic rings. The minimum Gasteiger partial charge on any atom is -0.383 e. The van der Waals surface area contributed by atoms with Crippen molar-refractivity contribution < 1.29 is 4.74 Å². The van der Waals surface area contributed by atoms with E-state index in [0.29, 0.717) is 0 Å². The van der Waals surface area contributed by atoms with Crippen LogP contribution in [0.25, 0.3) is 10.8 Å². The average Bonchev–Trinajstić information content (AvgIpc) is 2.53. The Morgan fingerprint density at radius 3 is 2.48 bits per heavy atom. The van der Waals surface area contributed by atoms with Gasteiger partial charge in [0.15, 0.2) is 0 Å². The largest absolute Gasteiger partial charge is 0.383 e. The van der Waals surface area contributed by atoms with Gasteiger partial charge in [0.1, 0.15) is 0 Å². The van der Waals surface area contributed by atoms with Crippen LogP contribution < -0.4 is 10.6 Å². The van der Waals surface area contributed by atoms with Gasteiger partial charge in [-0.05, 0) is 48.8 Å². The SMILES string of the molecule is COCCNCCCNCCc1cccc2ccccc12. The molecule has 0 fully saturated rings. The van der Waals surface area contributed by atoms with Crippen LogP contribution in [-0.2, 0) is 11.2 Å². The number of hydrogen-bond acceptors (Lipinski definition) is 3. The van der Waals surface area contributed by atoms with Crippen LogP contribution in [-0.4, -0.2) is 39.9 Å². The zero-order valence-corrected chi connectivity index (χ0v) is 12.9. The van der Waals surface area contributed by atoms with Crippen molar-refractivity contribution in [2.24, 2.45) is 0 Å². The summed E-state index contributed by atoms with van der Waals surface area (Å²) in [6.45, 7) is 4.86. The van der Waals surface area contributed by atoms with Crippen LogP contribution in [0, 0.1) is 0 Å². The molecule has 0 aliphatic carbocycles. The van der Waals surface area contributed by atoms with Crippen molar-refractivity contribution in [3.8, 4) is 0 Å². The molecule has 0 spiro atoms. The Morgan fingerprint density at radius 1 is 0.857 bits per heavy atom. The summed E-state index contributed by atoms with van der Waals surface area (Å²) in [5.74, 6) is 0. The summed E-state index contributed by atoms with van der Waals surface area (Å²) in [7, 11) is 1.73. The number of fused-ring (bicyclic) bond motifs is 1. The van der Waals surface area contributed by atoms with Crippen molar-refractivity contribution in [1.29, 1.82) is 0 Å². The van der Waals surface area contributed by atoms with Crippen LogP contribution in [0.4, 0.5) is 0 Å². The zero-order valence-electron chi connectivity index (χ0n) is 12.9. The van der Waals surface area contributed by atoms with Crippen LogP contribution in [0.3, 0.4) is 0 Å². The van der Waals surface area contributed by atoms with Crippen molar-refractivity contribution in [3.63, 3.8) is 0 Å². The first-order valence-corrected chi connectivity index (χ1v) is 7.79. The molecule has 0 saturated carbocycles. The van der Waals surface area contributed by atoms with E-state index in [4.69, 9.17) is 4.74 Å². The Morgan fingerprint density at radius 2 is 1.62 bits per heavy atom. The highest BCUT2D eigenvalue weighted by Crippen LogP contribution is 2.18. The molecule has 3 nitrogen and oxygen atoms in total. The molecule has 114 valence electrons. The Labute approximate surface area is 127 Å². The molecule has 3 heteroatoms. The Kier molecular flexibility index (Phi) is 7.22. The van der Waals surface area contributed by atoms with Crippen molar-refractivity contribution in [3.05, 3.63) is 48.0 Å². The molecule has 0 unspecified atom stereocenters. The van der Waals surface area contributed by atoms with E-state index < -0.39 is 0 Å². The lowest BCUT2D eigenvalue weighted by molar-refractivity contribution is 0.199. The summed E-state index contributed by atoms with van der Waals surface area (Å²) in [6.07, 6.45) is 2.23. The second-order valence-corrected chi connectivity index (χ2v) is 5.23. The lowest BCUT2D eigenvalue weighted by Crippen LogP contribution is -2.25. The maximum absolute atomic E-state index is 4.99. The van der Waals surface area contributed by atoms with Gasteiger partial charge < -0.3 is 15.4 Å². The van der Waals surface area contributed by atoms with Gasteiger partial charge in [-0.3, -0.25) is 0 Å². The van der Waals surface area contributed by atoms with Crippen LogP contribution >= 0.6 is 0 Å². The molecule has 0 heterocycles. The van der Waals surface area contributed by atoms with Gasteiger partial charge in [0, 0.05) is 13.7 Å². The quantitative estimate of drug-likeness (QED) is 0.659. The summed E-state index contributed by atoms with van der Waals surface area (Å²) in [5, 5.41) is 9.58. The number of nitrogens with one attached hydrogen (secondary N) is 2. The molecule has 0 aromatic heterocycles. The first-order chi connectivity index (χ1) is 10.4. The number of hydrogen-bond donors (Lipinski definition) is 2. The molecule has 0 amide bonds. The van der Waals surface area contributed by atoms with E-state index >= 15 is 0 Å². The van der Waals surface area contributed by atoms with Gasteiger partial charge in [0.25, 0.3) is 0 Å². The third-order valence-electron chi connectivity index (χ3n) is 3.64. The highest BCUT2D eigenvalue weighted by Gasteiger charge is 1.99. The maximum Gasteiger partial charge on any atom is 0.0587 e. The Balaban J connectivity index is 1.64. The number of methoxy groups -OCH3 is 1. The monoisotopic (exact) mass is 286 g/mol. The van der Waals surface area contributed by atoms with Crippen LogP contribution in [0.1, 0.15) is 12.0 Å². The Hall–Kier alpha value is -1.42. The lowest BCUT2D eigenvalue weighted by Gasteiger charge is -2.08. The third kappa shape index (κ3) is 5.46. The molecule has 2 rings (SSSR count). The van der Waals surface area contributed by atoms with Crippen LogP contribution in [0.5, 0.6) is 0 Å². The maximum atomic E-state index is 4.99. The minimum atomic E-state index is 0.786. The molecule has 0 saturated heterocycles. The number of benzene rings is 2. The fourth-order valence-electron chi connectivity index (χ4n) is 2.50. The third-order valence-corrected chi connectivity index (χ3v) is 3.64. The molecule has 0 radical (unpaired) electrons. The van der Waals surface area contributed by atoms with E-state index in [0.717, 1.165) is 45.6 Å². The average molecular weight is 286 g/mol. The minimum absolute atomic E-state index is 0.786. The van der Waals surface area contributed by atoms with E-state index in [1.165, 1.54) is 16.3 Å². The van der Waals surface area contributed by atoms with Gasteiger partial charge >= 0.3 is 0 Å². The van der Waals surface area contributed by atoms with E-state index in [2.05, 4.69) is 53.1 Å². The van der Waals surface area contributed by atoms with Gasteiger partial charge in [-0.2, -0.15) is 0 Å². The zero-order chi connectivity index (χ0) is 14.8. The van der Waals surface area contributed by atoms with Crippen LogP contribution in [0.15, 0.2) is 42.5 Å². The normalized spacial score (nSPS) is 11.1. The number of rotatable bonds is 10. The molecule has 2 aromatic rings. The van der Waals surface area contributed by atoms with Gasteiger partial charge in [0.05, 0.1) is 6.61 Å². The van der Waals surface area contributed by atoms with Crippen molar-refractivity contribution in [1.82, 2.24) is 10.6 Å². The van der Waals surface area contributed by atoms with Gasteiger partial charge in [0.2, 0.25) is 0 Å². The van der Waals surface area contributed by atoms with Gasteiger partial charge in [-0.15, -0.1) is 0 Å². The molecule has 2 aromatic carbocycles. The molecule has 0 atom stereocenters. The fourth-order valence-corrected chi connectivity index (χ4v) is 2.50. The smallest absolute Gasteiger partial charge is 0.0587 e. The summed E-state index contributed by atoms with van der Waals surface area (Å²) < 4.78 is 4.99. The van der Waals surface area contributed by atoms with Crippen molar-refractivity contribution in [2.75, 3.05) is 39.9 Å². The van der Waals surface area contributed by atoms with Gasteiger partial charge in [-0.25, -0.2) is 0 Å². The van der Waals surface area contributed by atoms with Crippen molar-refractivity contribution >= 4 is 10.8 Å². The summed E-state index contributed by atoms with van der Waals surface area (Å²) >= 11 is 0. The fraction of sp³-hybridized carbons (Fsp3) is 0.444. The highest BCUT2D eigenvalue weighted by molar-refractivity contribution is 5.85.